The number of rotatable bonds is 4. The predicted molar refractivity (Wildman–Crippen MR) is 56.0 cm³/mol. The van der Waals surface area contributed by atoms with E-state index in [0.29, 0.717) is 0 Å². The molecule has 2 N–H and O–H groups in total. The van der Waals surface area contributed by atoms with E-state index >= 15 is 0 Å². The van der Waals surface area contributed by atoms with E-state index in [9.17, 15) is 31.5 Å². The van der Waals surface area contributed by atoms with Gasteiger partial charge in [-0.2, -0.15) is 22.0 Å². The molecule has 1 unspecified atom stereocenters. The number of carbonyl (C=O) groups is 2. The minimum absolute atomic E-state index is 0.461. The van der Waals surface area contributed by atoms with Crippen molar-refractivity contribution in [2.24, 2.45) is 0 Å². The Morgan fingerprint density at radius 2 is 1.55 bits per heavy atom. The van der Waals surface area contributed by atoms with Gasteiger partial charge in [-0.15, -0.1) is 0 Å². The highest BCUT2D eigenvalue weighted by molar-refractivity contribution is 5.84. The molecule has 1 rings (SSSR count). The molecule has 0 aliphatic heterocycles. The van der Waals surface area contributed by atoms with Crippen LogP contribution in [0.3, 0.4) is 0 Å². The van der Waals surface area contributed by atoms with Crippen molar-refractivity contribution in [2.75, 3.05) is 0 Å². The first-order valence-electron chi connectivity index (χ1n) is 5.10. The second-order valence-corrected chi connectivity index (χ2v) is 3.74. The van der Waals surface area contributed by atoms with Crippen LogP contribution in [0.4, 0.5) is 22.0 Å². The zero-order valence-electron chi connectivity index (χ0n) is 9.62. The van der Waals surface area contributed by atoms with Gasteiger partial charge in [-0.3, -0.25) is 4.79 Å². The Morgan fingerprint density at radius 1 is 1.05 bits per heavy atom. The average Bonchev–Trinajstić information content (AvgIpc) is 2.35. The van der Waals surface area contributed by atoms with Gasteiger partial charge in [0.1, 0.15) is 6.04 Å². The third kappa shape index (κ3) is 3.43. The lowest BCUT2D eigenvalue weighted by atomic mass is 10.0. The lowest BCUT2D eigenvalue weighted by Gasteiger charge is -2.25. The van der Waals surface area contributed by atoms with Gasteiger partial charge >= 0.3 is 24.0 Å². The van der Waals surface area contributed by atoms with Crippen LogP contribution in [0.5, 0.6) is 0 Å². The summed E-state index contributed by atoms with van der Waals surface area (Å²) in [5.41, 5.74) is -0.461. The van der Waals surface area contributed by atoms with Crippen molar-refractivity contribution in [2.45, 2.75) is 18.1 Å². The van der Waals surface area contributed by atoms with Gasteiger partial charge in [-0.05, 0) is 5.56 Å². The Morgan fingerprint density at radius 3 is 1.95 bits per heavy atom. The third-order valence-electron chi connectivity index (χ3n) is 2.31. The molecule has 0 radical (unpaired) electrons. The van der Waals surface area contributed by atoms with E-state index in [1.165, 1.54) is 18.2 Å². The number of amides is 1. The fourth-order valence-electron chi connectivity index (χ4n) is 1.37. The van der Waals surface area contributed by atoms with Crippen LogP contribution in [-0.2, 0) is 9.59 Å². The molecule has 110 valence electrons. The Bertz CT molecular complexity index is 501. The fourth-order valence-corrected chi connectivity index (χ4v) is 1.37. The summed E-state index contributed by atoms with van der Waals surface area (Å²) in [5.74, 6) is -9.89. The van der Waals surface area contributed by atoms with E-state index in [0.717, 1.165) is 17.4 Å². The van der Waals surface area contributed by atoms with Crippen LogP contribution < -0.4 is 5.32 Å². The summed E-state index contributed by atoms with van der Waals surface area (Å²) < 4.78 is 63.3. The number of carboxylic acid groups (broad SMARTS) is 1. The van der Waals surface area contributed by atoms with Crippen LogP contribution in [0.25, 0.3) is 0 Å². The van der Waals surface area contributed by atoms with E-state index in [1.807, 2.05) is 0 Å². The Balaban J connectivity index is 3.17. The normalized spacial score (nSPS) is 13.7. The minimum Gasteiger partial charge on any atom is -0.477 e. The number of halogens is 5. The molecule has 0 aliphatic carbocycles. The quantitative estimate of drug-likeness (QED) is 0.837. The van der Waals surface area contributed by atoms with E-state index in [-0.39, 0.29) is 0 Å². The summed E-state index contributed by atoms with van der Waals surface area (Å²) in [4.78, 5) is 21.2. The molecule has 1 aromatic carbocycles. The number of hydrogen-bond acceptors (Lipinski definition) is 2. The first-order valence-corrected chi connectivity index (χ1v) is 5.10. The summed E-state index contributed by atoms with van der Waals surface area (Å²) in [6, 6.07) is 3.18. The maximum Gasteiger partial charge on any atom is 0.471 e. The van der Waals surface area contributed by atoms with Crippen molar-refractivity contribution < 1.29 is 36.6 Å². The largest absolute Gasteiger partial charge is 0.477 e. The number of carbonyl (C=O) groups excluding carboxylic acids is 1. The zero-order chi connectivity index (χ0) is 15.6. The lowest BCUT2D eigenvalue weighted by molar-refractivity contribution is -0.182. The summed E-state index contributed by atoms with van der Waals surface area (Å²) in [6.07, 6.45) is -5.40. The van der Waals surface area contributed by atoms with Crippen molar-refractivity contribution in [3.63, 3.8) is 0 Å². The van der Waals surface area contributed by atoms with Crippen molar-refractivity contribution in [1.29, 1.82) is 0 Å². The maximum atomic E-state index is 13.5. The molecule has 0 aliphatic rings. The Hall–Kier alpha value is -2.19. The van der Waals surface area contributed by atoms with E-state index in [4.69, 9.17) is 5.11 Å². The SMILES string of the molecule is O=C(NC(c1ccccc1)C(F)(F)C(=O)O)C(F)(F)F. The molecular formula is C11H8F5NO3. The Labute approximate surface area is 109 Å². The predicted octanol–water partition coefficient (Wildman–Crippen LogP) is 2.13. The van der Waals surface area contributed by atoms with Gasteiger partial charge in [0.05, 0.1) is 0 Å². The molecule has 0 saturated heterocycles. The molecule has 1 amide bonds. The van der Waals surface area contributed by atoms with Gasteiger partial charge < -0.3 is 10.4 Å². The van der Waals surface area contributed by atoms with Crippen LogP contribution in [0.1, 0.15) is 11.6 Å². The number of alkyl halides is 5. The first-order chi connectivity index (χ1) is 9.06. The molecule has 9 heteroatoms. The monoisotopic (exact) mass is 297 g/mol. The summed E-state index contributed by atoms with van der Waals surface area (Å²) in [7, 11) is 0. The topological polar surface area (TPSA) is 66.4 Å². The summed E-state index contributed by atoms with van der Waals surface area (Å²) in [6.45, 7) is 0. The van der Waals surface area contributed by atoms with Crippen LogP contribution >= 0.6 is 0 Å². The van der Waals surface area contributed by atoms with Gasteiger partial charge in [0.15, 0.2) is 0 Å². The van der Waals surface area contributed by atoms with Crippen LogP contribution in [0.15, 0.2) is 30.3 Å². The second-order valence-electron chi connectivity index (χ2n) is 3.74. The molecule has 20 heavy (non-hydrogen) atoms. The van der Waals surface area contributed by atoms with Gasteiger partial charge in [0, 0.05) is 0 Å². The Kier molecular flexibility index (Phi) is 4.31. The zero-order valence-corrected chi connectivity index (χ0v) is 9.62. The van der Waals surface area contributed by atoms with Gasteiger partial charge in [-0.25, -0.2) is 4.79 Å². The number of carboxylic acids is 1. The molecule has 0 fully saturated rings. The highest BCUT2D eigenvalue weighted by Crippen LogP contribution is 2.32. The minimum atomic E-state index is -5.40. The molecule has 0 heterocycles. The van der Waals surface area contributed by atoms with E-state index in [1.54, 1.807) is 0 Å². The molecule has 1 atom stereocenters. The highest BCUT2D eigenvalue weighted by Gasteiger charge is 2.52. The van der Waals surface area contributed by atoms with Crippen molar-refractivity contribution in [3.05, 3.63) is 35.9 Å². The van der Waals surface area contributed by atoms with Crippen LogP contribution in [-0.4, -0.2) is 29.1 Å². The van der Waals surface area contributed by atoms with E-state index < -0.39 is 35.6 Å². The lowest BCUT2D eigenvalue weighted by Crippen LogP contribution is -2.49. The van der Waals surface area contributed by atoms with Gasteiger partial charge in [0.25, 0.3) is 0 Å². The van der Waals surface area contributed by atoms with Crippen molar-refractivity contribution in [3.8, 4) is 0 Å². The van der Waals surface area contributed by atoms with E-state index in [2.05, 4.69) is 0 Å². The fraction of sp³-hybridized carbons (Fsp3) is 0.273. The average molecular weight is 297 g/mol. The number of aliphatic carboxylic acids is 1. The molecule has 0 bridgehead atoms. The molecule has 0 spiro atoms. The molecule has 1 aromatic rings. The highest BCUT2D eigenvalue weighted by atomic mass is 19.4. The van der Waals surface area contributed by atoms with Crippen LogP contribution in [0.2, 0.25) is 0 Å². The summed E-state index contributed by atoms with van der Waals surface area (Å²) in [5, 5.41) is 9.41. The van der Waals surface area contributed by atoms with Gasteiger partial charge in [-0.1, -0.05) is 30.3 Å². The molecule has 4 nitrogen and oxygen atoms in total. The van der Waals surface area contributed by atoms with Crippen molar-refractivity contribution >= 4 is 11.9 Å². The van der Waals surface area contributed by atoms with Crippen LogP contribution in [0, 0.1) is 0 Å². The number of nitrogens with one attached hydrogen (secondary N) is 1. The number of benzene rings is 1. The molecular weight excluding hydrogens is 289 g/mol. The molecule has 0 aromatic heterocycles. The standard InChI is InChI=1S/C11H8F5NO3/c12-10(13,9(19)20)7(6-4-2-1-3-5-6)17-8(18)11(14,15)16/h1-5,7H,(H,17,18)(H,19,20). The number of hydrogen-bond donors (Lipinski definition) is 2. The van der Waals surface area contributed by atoms with Gasteiger partial charge in [0.2, 0.25) is 0 Å². The summed E-state index contributed by atoms with van der Waals surface area (Å²) >= 11 is 0. The van der Waals surface area contributed by atoms with Crippen molar-refractivity contribution in [1.82, 2.24) is 5.32 Å². The smallest absolute Gasteiger partial charge is 0.471 e. The third-order valence-corrected chi connectivity index (χ3v) is 2.31. The first kappa shape index (κ1) is 15.9. The molecule has 0 saturated carbocycles. The maximum absolute atomic E-state index is 13.5. The second kappa shape index (κ2) is 5.43.